The van der Waals surface area contributed by atoms with E-state index in [9.17, 15) is 9.59 Å². The number of nitrogens with one attached hydrogen (secondary N) is 3. The third kappa shape index (κ3) is 6.18. The summed E-state index contributed by atoms with van der Waals surface area (Å²) in [5.41, 5.74) is 7.76. The molecule has 2 rings (SSSR count). The third-order valence-electron chi connectivity index (χ3n) is 3.63. The zero-order valence-corrected chi connectivity index (χ0v) is 15.5. The van der Waals surface area contributed by atoms with Gasteiger partial charge in [0, 0.05) is 0 Å². The van der Waals surface area contributed by atoms with Gasteiger partial charge in [-0.1, -0.05) is 42.5 Å². The van der Waals surface area contributed by atoms with Crippen molar-refractivity contribution in [1.82, 2.24) is 16.2 Å². The standard InChI is InChI=1S/C19H21N3O3S/c1-13-7-3-5-9-15(13)11-17(23)20-19(26)22-21-18(24)12-25-16-10-6-4-8-14(16)2/h3-10H,11-12H2,1-2H3,(H,21,24)(H2,20,22,23,26). The predicted octanol–water partition coefficient (Wildman–Crippen LogP) is 1.95. The van der Waals surface area contributed by atoms with Crippen molar-refractivity contribution in [2.24, 2.45) is 0 Å². The molecule has 7 heteroatoms. The van der Waals surface area contributed by atoms with E-state index >= 15 is 0 Å². The van der Waals surface area contributed by atoms with Crippen LogP contribution in [0.1, 0.15) is 16.7 Å². The zero-order valence-electron chi connectivity index (χ0n) is 14.7. The normalized spacial score (nSPS) is 9.92. The second-order valence-corrected chi connectivity index (χ2v) is 6.12. The molecule has 0 radical (unpaired) electrons. The first-order chi connectivity index (χ1) is 12.5. The second-order valence-electron chi connectivity index (χ2n) is 5.71. The van der Waals surface area contributed by atoms with Crippen LogP contribution in [0.4, 0.5) is 0 Å². The molecule has 0 aliphatic heterocycles. The molecule has 0 bridgehead atoms. The molecule has 0 atom stereocenters. The van der Waals surface area contributed by atoms with E-state index in [-0.39, 0.29) is 24.0 Å². The number of benzene rings is 2. The molecule has 2 aromatic carbocycles. The van der Waals surface area contributed by atoms with Gasteiger partial charge in [-0.15, -0.1) is 0 Å². The number of para-hydroxylation sites is 1. The molecule has 2 amide bonds. The topological polar surface area (TPSA) is 79.5 Å². The van der Waals surface area contributed by atoms with Crippen LogP contribution in [0.25, 0.3) is 0 Å². The molecule has 0 fully saturated rings. The van der Waals surface area contributed by atoms with Crippen molar-refractivity contribution in [1.29, 1.82) is 0 Å². The molecule has 0 aliphatic carbocycles. The number of aryl methyl sites for hydroxylation is 2. The largest absolute Gasteiger partial charge is 0.483 e. The van der Waals surface area contributed by atoms with Gasteiger partial charge in [-0.05, 0) is 48.8 Å². The van der Waals surface area contributed by atoms with Crippen molar-refractivity contribution in [2.45, 2.75) is 20.3 Å². The number of ether oxygens (including phenoxy) is 1. The first kappa shape index (κ1) is 19.4. The highest BCUT2D eigenvalue weighted by molar-refractivity contribution is 7.80. The van der Waals surface area contributed by atoms with Gasteiger partial charge in [0.2, 0.25) is 5.91 Å². The second kappa shape index (κ2) is 9.53. The van der Waals surface area contributed by atoms with E-state index in [1.165, 1.54) is 0 Å². The van der Waals surface area contributed by atoms with E-state index in [0.29, 0.717) is 5.75 Å². The van der Waals surface area contributed by atoms with Crippen LogP contribution in [0.2, 0.25) is 0 Å². The first-order valence-electron chi connectivity index (χ1n) is 8.07. The number of hydrogen-bond donors (Lipinski definition) is 3. The van der Waals surface area contributed by atoms with Crippen LogP contribution < -0.4 is 20.9 Å². The quantitative estimate of drug-likeness (QED) is 0.553. The summed E-state index contributed by atoms with van der Waals surface area (Å²) < 4.78 is 5.42. The molecule has 0 saturated heterocycles. The Morgan fingerprint density at radius 3 is 2.27 bits per heavy atom. The molecule has 0 heterocycles. The summed E-state index contributed by atoms with van der Waals surface area (Å²) in [6, 6.07) is 15.0. The van der Waals surface area contributed by atoms with Gasteiger partial charge in [0.1, 0.15) is 5.75 Å². The number of thiocarbonyl (C=S) groups is 1. The highest BCUT2D eigenvalue weighted by atomic mass is 32.1. The van der Waals surface area contributed by atoms with Crippen LogP contribution in [0, 0.1) is 13.8 Å². The van der Waals surface area contributed by atoms with Crippen LogP contribution in [-0.4, -0.2) is 23.5 Å². The van der Waals surface area contributed by atoms with Crippen LogP contribution in [-0.2, 0) is 16.0 Å². The summed E-state index contributed by atoms with van der Waals surface area (Å²) in [5.74, 6) is -0.0391. The Hall–Kier alpha value is -2.93. The van der Waals surface area contributed by atoms with Crippen LogP contribution in [0.15, 0.2) is 48.5 Å². The zero-order chi connectivity index (χ0) is 18.9. The number of carbonyl (C=O) groups excluding carboxylic acids is 2. The molecular formula is C19H21N3O3S. The summed E-state index contributed by atoms with van der Waals surface area (Å²) in [7, 11) is 0. The van der Waals surface area contributed by atoms with Crippen LogP contribution >= 0.6 is 12.2 Å². The summed E-state index contributed by atoms with van der Waals surface area (Å²) in [6.45, 7) is 3.66. The lowest BCUT2D eigenvalue weighted by atomic mass is 10.1. The highest BCUT2D eigenvalue weighted by Gasteiger charge is 2.09. The van der Waals surface area contributed by atoms with Crippen molar-refractivity contribution < 1.29 is 14.3 Å². The van der Waals surface area contributed by atoms with Gasteiger partial charge in [-0.3, -0.25) is 20.4 Å². The van der Waals surface area contributed by atoms with Crippen LogP contribution in [0.3, 0.4) is 0 Å². The third-order valence-corrected chi connectivity index (χ3v) is 3.84. The van der Waals surface area contributed by atoms with Crippen LogP contribution in [0.5, 0.6) is 5.75 Å². The van der Waals surface area contributed by atoms with Crippen molar-refractivity contribution in [2.75, 3.05) is 6.61 Å². The Balaban J connectivity index is 1.71. The van der Waals surface area contributed by atoms with Gasteiger partial charge in [0.05, 0.1) is 6.42 Å². The average molecular weight is 371 g/mol. The monoisotopic (exact) mass is 371 g/mol. The van der Waals surface area contributed by atoms with E-state index in [1.807, 2.05) is 56.3 Å². The molecule has 6 nitrogen and oxygen atoms in total. The smallest absolute Gasteiger partial charge is 0.276 e. The molecule has 26 heavy (non-hydrogen) atoms. The fourth-order valence-corrected chi connectivity index (χ4v) is 2.37. The Labute approximate surface area is 157 Å². The van der Waals surface area contributed by atoms with Gasteiger partial charge >= 0.3 is 0 Å². The van der Waals surface area contributed by atoms with E-state index in [2.05, 4.69) is 16.2 Å². The number of carbonyl (C=O) groups is 2. The molecule has 0 aliphatic rings. The van der Waals surface area contributed by atoms with Crippen molar-refractivity contribution in [3.63, 3.8) is 0 Å². The maximum absolute atomic E-state index is 12.0. The van der Waals surface area contributed by atoms with E-state index < -0.39 is 5.91 Å². The minimum Gasteiger partial charge on any atom is -0.483 e. The lowest BCUT2D eigenvalue weighted by molar-refractivity contribution is -0.124. The van der Waals surface area contributed by atoms with Crippen molar-refractivity contribution >= 4 is 29.1 Å². The lowest BCUT2D eigenvalue weighted by Gasteiger charge is -2.12. The molecule has 136 valence electrons. The fourth-order valence-electron chi connectivity index (χ4n) is 2.21. The predicted molar refractivity (Wildman–Crippen MR) is 104 cm³/mol. The Morgan fingerprint density at radius 1 is 0.923 bits per heavy atom. The maximum atomic E-state index is 12.0. The van der Waals surface area contributed by atoms with Gasteiger partial charge in [-0.2, -0.15) is 0 Å². The van der Waals surface area contributed by atoms with E-state index in [0.717, 1.165) is 16.7 Å². The fraction of sp³-hybridized carbons (Fsp3) is 0.211. The first-order valence-corrected chi connectivity index (χ1v) is 8.48. The van der Waals surface area contributed by atoms with Gasteiger partial charge in [-0.25, -0.2) is 0 Å². The van der Waals surface area contributed by atoms with Crippen molar-refractivity contribution in [3.05, 3.63) is 65.2 Å². The SMILES string of the molecule is Cc1ccccc1CC(=O)NC(=S)NNC(=O)COc1ccccc1C. The Bertz CT molecular complexity index is 808. The number of hydrogen-bond acceptors (Lipinski definition) is 4. The summed E-state index contributed by atoms with van der Waals surface area (Å²) in [4.78, 5) is 23.8. The number of hydrazine groups is 1. The maximum Gasteiger partial charge on any atom is 0.276 e. The van der Waals surface area contributed by atoms with Gasteiger partial charge in [0.15, 0.2) is 11.7 Å². The lowest BCUT2D eigenvalue weighted by Crippen LogP contribution is -2.50. The summed E-state index contributed by atoms with van der Waals surface area (Å²) >= 11 is 5.00. The molecule has 0 saturated carbocycles. The number of amides is 2. The van der Waals surface area contributed by atoms with Gasteiger partial charge < -0.3 is 10.1 Å². The minimum atomic E-state index is -0.413. The molecule has 0 unspecified atom stereocenters. The molecular weight excluding hydrogens is 350 g/mol. The molecule has 2 aromatic rings. The molecule has 3 N–H and O–H groups in total. The summed E-state index contributed by atoms with van der Waals surface area (Å²) in [6.07, 6.45) is 0.207. The summed E-state index contributed by atoms with van der Waals surface area (Å²) in [5, 5.41) is 2.54. The average Bonchev–Trinajstić information content (AvgIpc) is 2.61. The molecule has 0 aromatic heterocycles. The Kier molecular flexibility index (Phi) is 7.11. The Morgan fingerprint density at radius 2 is 1.58 bits per heavy atom. The van der Waals surface area contributed by atoms with E-state index in [1.54, 1.807) is 6.07 Å². The van der Waals surface area contributed by atoms with Crippen molar-refractivity contribution in [3.8, 4) is 5.75 Å². The molecule has 0 spiro atoms. The van der Waals surface area contributed by atoms with E-state index in [4.69, 9.17) is 17.0 Å². The number of rotatable bonds is 5. The minimum absolute atomic E-state index is 0.0211. The van der Waals surface area contributed by atoms with Gasteiger partial charge in [0.25, 0.3) is 5.91 Å². The highest BCUT2D eigenvalue weighted by Crippen LogP contribution is 2.15.